The van der Waals surface area contributed by atoms with Gasteiger partial charge in [0.25, 0.3) is 0 Å². The van der Waals surface area contributed by atoms with Crippen molar-refractivity contribution in [2.45, 2.75) is 13.0 Å². The molecule has 3 aromatic rings. The summed E-state index contributed by atoms with van der Waals surface area (Å²) < 4.78 is 23.6. The lowest BCUT2D eigenvalue weighted by Gasteiger charge is -2.17. The predicted molar refractivity (Wildman–Crippen MR) is 125 cm³/mol. The molecule has 1 aliphatic heterocycles. The SMILES string of the molecule is C=C/C=C(\C=C/CF)[C@H](C)Nc1nc(Nc2cnccn2)cc(-c2ccc3c(c2)OCO3)n1. The molecule has 3 heterocycles. The van der Waals surface area contributed by atoms with Gasteiger partial charge in [-0.15, -0.1) is 0 Å². The summed E-state index contributed by atoms with van der Waals surface area (Å²) in [6.45, 7) is 5.31. The average molecular weight is 446 g/mol. The lowest BCUT2D eigenvalue weighted by atomic mass is 10.1. The van der Waals surface area contributed by atoms with Crippen molar-refractivity contribution in [3.05, 3.63) is 79.3 Å². The van der Waals surface area contributed by atoms with Gasteiger partial charge in [0.1, 0.15) is 18.3 Å². The topological polar surface area (TPSA) is 94.1 Å². The van der Waals surface area contributed by atoms with Gasteiger partial charge in [0, 0.05) is 24.0 Å². The number of alkyl halides is 1. The van der Waals surface area contributed by atoms with E-state index in [2.05, 4.69) is 37.1 Å². The minimum absolute atomic E-state index is 0.192. The maximum absolute atomic E-state index is 12.7. The summed E-state index contributed by atoms with van der Waals surface area (Å²) in [5.74, 6) is 2.81. The van der Waals surface area contributed by atoms with E-state index >= 15 is 0 Å². The molecule has 0 fully saturated rings. The molecule has 0 radical (unpaired) electrons. The normalized spacial score (nSPS) is 13.7. The number of hydrogen-bond acceptors (Lipinski definition) is 8. The quantitative estimate of drug-likeness (QED) is 0.451. The molecule has 1 atom stereocenters. The number of rotatable bonds is 9. The van der Waals surface area contributed by atoms with Crippen molar-refractivity contribution in [3.8, 4) is 22.8 Å². The molecule has 8 nitrogen and oxygen atoms in total. The molecule has 33 heavy (non-hydrogen) atoms. The summed E-state index contributed by atoms with van der Waals surface area (Å²) >= 11 is 0. The average Bonchev–Trinajstić information content (AvgIpc) is 3.30. The van der Waals surface area contributed by atoms with Crippen molar-refractivity contribution in [2.24, 2.45) is 0 Å². The number of nitrogens with zero attached hydrogens (tertiary/aromatic N) is 4. The Morgan fingerprint density at radius 1 is 1.18 bits per heavy atom. The van der Waals surface area contributed by atoms with E-state index in [9.17, 15) is 4.39 Å². The third-order valence-corrected chi connectivity index (χ3v) is 4.77. The van der Waals surface area contributed by atoms with Gasteiger partial charge >= 0.3 is 0 Å². The molecule has 4 rings (SSSR count). The highest BCUT2D eigenvalue weighted by atomic mass is 19.1. The van der Waals surface area contributed by atoms with E-state index in [0.29, 0.717) is 34.8 Å². The summed E-state index contributed by atoms with van der Waals surface area (Å²) in [6.07, 6.45) is 11.4. The molecule has 1 aromatic carbocycles. The Morgan fingerprint density at radius 2 is 2.06 bits per heavy atom. The van der Waals surface area contributed by atoms with E-state index in [1.807, 2.05) is 37.3 Å². The number of halogens is 1. The Labute approximate surface area is 190 Å². The zero-order valence-corrected chi connectivity index (χ0v) is 18.0. The first-order chi connectivity index (χ1) is 16.2. The molecule has 2 aromatic heterocycles. The maximum Gasteiger partial charge on any atom is 0.231 e. The second-order valence-corrected chi connectivity index (χ2v) is 7.07. The lowest BCUT2D eigenvalue weighted by Crippen LogP contribution is -2.19. The van der Waals surface area contributed by atoms with Crippen molar-refractivity contribution in [1.82, 2.24) is 19.9 Å². The summed E-state index contributed by atoms with van der Waals surface area (Å²) in [6, 6.07) is 7.23. The molecule has 168 valence electrons. The van der Waals surface area contributed by atoms with Crippen LogP contribution in [0.15, 0.2) is 79.3 Å². The van der Waals surface area contributed by atoms with Gasteiger partial charge in [0.05, 0.1) is 17.9 Å². The van der Waals surface area contributed by atoms with Crippen LogP contribution in [0.2, 0.25) is 0 Å². The van der Waals surface area contributed by atoms with Crippen molar-refractivity contribution < 1.29 is 13.9 Å². The first-order valence-electron chi connectivity index (χ1n) is 10.3. The molecular weight excluding hydrogens is 423 g/mol. The summed E-state index contributed by atoms with van der Waals surface area (Å²) in [5, 5.41) is 6.43. The smallest absolute Gasteiger partial charge is 0.231 e. The van der Waals surface area contributed by atoms with Gasteiger partial charge in [-0.2, -0.15) is 4.98 Å². The molecular formula is C24H23FN6O2. The molecule has 1 aliphatic rings. The van der Waals surface area contributed by atoms with Crippen LogP contribution >= 0.6 is 0 Å². The molecule has 2 N–H and O–H groups in total. The fourth-order valence-corrected chi connectivity index (χ4v) is 3.21. The third kappa shape index (κ3) is 5.51. The number of aromatic nitrogens is 4. The number of ether oxygens (including phenoxy) is 2. The van der Waals surface area contributed by atoms with Gasteiger partial charge in [-0.3, -0.25) is 4.98 Å². The van der Waals surface area contributed by atoms with Crippen molar-refractivity contribution >= 4 is 17.6 Å². The molecule has 0 amide bonds. The van der Waals surface area contributed by atoms with Crippen molar-refractivity contribution in [1.29, 1.82) is 0 Å². The van der Waals surface area contributed by atoms with Gasteiger partial charge in [0.15, 0.2) is 11.5 Å². The molecule has 0 unspecified atom stereocenters. The maximum atomic E-state index is 12.7. The summed E-state index contributed by atoms with van der Waals surface area (Å²) in [5.41, 5.74) is 2.33. The van der Waals surface area contributed by atoms with Crippen LogP contribution < -0.4 is 20.1 Å². The van der Waals surface area contributed by atoms with Gasteiger partial charge in [-0.05, 0) is 30.7 Å². The number of hydrogen-bond donors (Lipinski definition) is 2. The minimum Gasteiger partial charge on any atom is -0.454 e. The van der Waals surface area contributed by atoms with Crippen LogP contribution in [0.5, 0.6) is 11.5 Å². The lowest BCUT2D eigenvalue weighted by molar-refractivity contribution is 0.174. The number of anilines is 3. The van der Waals surface area contributed by atoms with Crippen LogP contribution in [0.25, 0.3) is 11.3 Å². The van der Waals surface area contributed by atoms with Crippen LogP contribution in [0.1, 0.15) is 6.92 Å². The first-order valence-corrected chi connectivity index (χ1v) is 10.3. The van der Waals surface area contributed by atoms with Crippen LogP contribution in [0.3, 0.4) is 0 Å². The van der Waals surface area contributed by atoms with E-state index in [0.717, 1.165) is 11.1 Å². The van der Waals surface area contributed by atoms with Crippen LogP contribution in [0.4, 0.5) is 22.0 Å². The predicted octanol–water partition coefficient (Wildman–Crippen LogP) is 4.84. The van der Waals surface area contributed by atoms with E-state index in [4.69, 9.17) is 9.47 Å². The fraction of sp³-hybridized carbons (Fsp3) is 0.167. The summed E-state index contributed by atoms with van der Waals surface area (Å²) in [7, 11) is 0. The van der Waals surface area contributed by atoms with E-state index < -0.39 is 6.67 Å². The van der Waals surface area contributed by atoms with Crippen molar-refractivity contribution in [3.63, 3.8) is 0 Å². The van der Waals surface area contributed by atoms with Crippen LogP contribution in [-0.4, -0.2) is 39.4 Å². The van der Waals surface area contributed by atoms with Gasteiger partial charge in [-0.1, -0.05) is 30.9 Å². The minimum atomic E-state index is -0.552. The Kier molecular flexibility index (Phi) is 6.89. The second kappa shape index (κ2) is 10.4. The van der Waals surface area contributed by atoms with Crippen LogP contribution in [0, 0.1) is 0 Å². The Balaban J connectivity index is 1.68. The fourth-order valence-electron chi connectivity index (χ4n) is 3.21. The zero-order chi connectivity index (χ0) is 23.0. The molecule has 9 heteroatoms. The number of nitrogens with one attached hydrogen (secondary N) is 2. The number of fused-ring (bicyclic) bond motifs is 1. The van der Waals surface area contributed by atoms with E-state index in [-0.39, 0.29) is 12.8 Å². The Morgan fingerprint density at radius 3 is 2.85 bits per heavy atom. The van der Waals surface area contributed by atoms with Gasteiger partial charge < -0.3 is 20.1 Å². The van der Waals surface area contributed by atoms with E-state index in [1.54, 1.807) is 30.7 Å². The standard InChI is InChI=1S/C24H23FN6O2/c1-3-5-17(6-4-9-25)16(2)28-24-29-19(18-7-8-20-21(12-18)33-15-32-20)13-22(31-24)30-23-14-26-10-11-27-23/h3-8,10-14,16H,1,9,15H2,2H3,(H2,27,28,29,30,31)/b6-4-,17-5+/t16-/m0/s1. The van der Waals surface area contributed by atoms with E-state index in [1.165, 1.54) is 6.08 Å². The monoisotopic (exact) mass is 446 g/mol. The third-order valence-electron chi connectivity index (χ3n) is 4.77. The first kappa shape index (κ1) is 21.9. The number of allylic oxidation sites excluding steroid dienone is 3. The highest BCUT2D eigenvalue weighted by Crippen LogP contribution is 2.36. The Hall–Kier alpha value is -4.27. The summed E-state index contributed by atoms with van der Waals surface area (Å²) in [4.78, 5) is 17.6. The largest absolute Gasteiger partial charge is 0.454 e. The van der Waals surface area contributed by atoms with Crippen molar-refractivity contribution in [2.75, 3.05) is 24.1 Å². The molecule has 0 saturated carbocycles. The second-order valence-electron chi connectivity index (χ2n) is 7.07. The zero-order valence-electron chi connectivity index (χ0n) is 18.0. The molecule has 0 bridgehead atoms. The highest BCUT2D eigenvalue weighted by Gasteiger charge is 2.16. The number of benzene rings is 1. The molecule has 0 aliphatic carbocycles. The molecule has 0 spiro atoms. The Bertz CT molecular complexity index is 1180. The van der Waals surface area contributed by atoms with Crippen LogP contribution in [-0.2, 0) is 0 Å². The highest BCUT2D eigenvalue weighted by molar-refractivity contribution is 5.69. The molecule has 0 saturated heterocycles. The van der Waals surface area contributed by atoms with Gasteiger partial charge in [-0.25, -0.2) is 14.4 Å². The van der Waals surface area contributed by atoms with Gasteiger partial charge in [0.2, 0.25) is 12.7 Å².